The first-order valence-corrected chi connectivity index (χ1v) is 13.7. The van der Waals surface area contributed by atoms with Crippen LogP contribution in [0.1, 0.15) is 46.2 Å². The minimum Gasteiger partial charge on any atom is -0.497 e. The minimum absolute atomic E-state index is 0.740. The van der Waals surface area contributed by atoms with Gasteiger partial charge in [-0.15, -0.1) is 0 Å². The number of methoxy groups -OCH3 is 2. The Labute approximate surface area is 224 Å². The molecule has 0 fully saturated rings. The largest absolute Gasteiger partial charge is 0.497 e. The molecule has 4 aromatic rings. The molecule has 0 spiro atoms. The summed E-state index contributed by atoms with van der Waals surface area (Å²) in [6, 6.07) is 21.7. The van der Waals surface area contributed by atoms with Gasteiger partial charge in [0.15, 0.2) is 5.60 Å². The van der Waals surface area contributed by atoms with Gasteiger partial charge in [-0.05, 0) is 79.6 Å². The molecule has 0 aromatic heterocycles. The summed E-state index contributed by atoms with van der Waals surface area (Å²) in [5.74, 6) is 2.41. The third kappa shape index (κ3) is 3.43. The Bertz CT molecular complexity index is 1560. The van der Waals surface area contributed by atoms with Gasteiger partial charge in [-0.1, -0.05) is 36.4 Å². The molecule has 0 amide bonds. The number of benzene rings is 4. The van der Waals surface area contributed by atoms with E-state index in [1.54, 1.807) is 14.2 Å². The molecule has 4 nitrogen and oxygen atoms in total. The summed E-state index contributed by atoms with van der Waals surface area (Å²) in [6.07, 6.45) is 9.17. The van der Waals surface area contributed by atoms with E-state index in [9.17, 15) is 0 Å². The maximum absolute atomic E-state index is 7.31. The van der Waals surface area contributed by atoms with Crippen LogP contribution in [0.3, 0.4) is 0 Å². The Kier molecular flexibility index (Phi) is 5.40. The first-order chi connectivity index (χ1) is 18.6. The van der Waals surface area contributed by atoms with Crippen LogP contribution in [0.2, 0.25) is 0 Å². The highest BCUT2D eigenvalue weighted by molar-refractivity contribution is 5.98. The van der Waals surface area contributed by atoms with Crippen LogP contribution in [0, 0.1) is 6.92 Å². The van der Waals surface area contributed by atoms with E-state index in [0.29, 0.717) is 0 Å². The summed E-state index contributed by atoms with van der Waals surface area (Å²) < 4.78 is 18.8. The zero-order chi connectivity index (χ0) is 25.9. The summed E-state index contributed by atoms with van der Waals surface area (Å²) in [5.41, 5.74) is 8.24. The first kappa shape index (κ1) is 23.2. The summed E-state index contributed by atoms with van der Waals surface area (Å²) >= 11 is 0. The third-order valence-electron chi connectivity index (χ3n) is 8.56. The Balaban J connectivity index is 1.49. The van der Waals surface area contributed by atoms with Crippen LogP contribution < -0.4 is 19.1 Å². The van der Waals surface area contributed by atoms with Crippen molar-refractivity contribution in [1.29, 1.82) is 0 Å². The van der Waals surface area contributed by atoms with Crippen LogP contribution in [-0.4, -0.2) is 27.3 Å². The van der Waals surface area contributed by atoms with Gasteiger partial charge in [0.05, 0.1) is 14.2 Å². The molecular formula is C34H33NO3. The standard InChI is InChI=1S/C34H33NO3/c1-22-17-29-30(20-27(36-2)21-31(29)37-3)33-28(22)13-14-34(38-33,25-11-5-4-6-12-25)26-18-23-9-7-15-35-16-8-10-24(19-26)32(23)35/h4-6,11-14,17-21H,7-10,15-16H2,1-3H3. The molecule has 7 rings (SSSR count). The molecule has 0 aliphatic carbocycles. The van der Waals surface area contributed by atoms with Gasteiger partial charge in [0.2, 0.25) is 0 Å². The molecule has 1 atom stereocenters. The lowest BCUT2D eigenvalue weighted by Crippen LogP contribution is -2.37. The second-order valence-electron chi connectivity index (χ2n) is 10.7. The lowest BCUT2D eigenvalue weighted by atomic mass is 9.79. The number of fused-ring (bicyclic) bond motifs is 3. The van der Waals surface area contributed by atoms with Crippen molar-refractivity contribution in [1.82, 2.24) is 0 Å². The van der Waals surface area contributed by atoms with Crippen molar-refractivity contribution in [3.63, 3.8) is 0 Å². The van der Waals surface area contributed by atoms with E-state index in [1.165, 1.54) is 48.3 Å². The van der Waals surface area contributed by atoms with E-state index >= 15 is 0 Å². The van der Waals surface area contributed by atoms with Crippen LogP contribution in [-0.2, 0) is 18.4 Å². The van der Waals surface area contributed by atoms with E-state index in [4.69, 9.17) is 14.2 Å². The van der Waals surface area contributed by atoms with Gasteiger partial charge >= 0.3 is 0 Å². The molecule has 0 bridgehead atoms. The van der Waals surface area contributed by atoms with Gasteiger partial charge in [-0.2, -0.15) is 0 Å². The molecule has 0 N–H and O–H groups in total. The first-order valence-electron chi connectivity index (χ1n) is 13.7. The average Bonchev–Trinajstić information content (AvgIpc) is 2.97. The van der Waals surface area contributed by atoms with Gasteiger partial charge in [-0.25, -0.2) is 0 Å². The molecule has 3 aliphatic heterocycles. The van der Waals surface area contributed by atoms with Crippen LogP contribution in [0.15, 0.2) is 66.7 Å². The monoisotopic (exact) mass is 503 g/mol. The zero-order valence-electron chi connectivity index (χ0n) is 22.3. The molecule has 1 unspecified atom stereocenters. The molecule has 0 saturated heterocycles. The highest BCUT2D eigenvalue weighted by atomic mass is 16.5. The number of aryl methyl sites for hydroxylation is 3. The van der Waals surface area contributed by atoms with Crippen molar-refractivity contribution >= 4 is 22.5 Å². The fourth-order valence-electron chi connectivity index (χ4n) is 6.74. The zero-order valence-corrected chi connectivity index (χ0v) is 22.3. The van der Waals surface area contributed by atoms with Crippen molar-refractivity contribution in [3.05, 3.63) is 100 Å². The van der Waals surface area contributed by atoms with Gasteiger partial charge in [-0.3, -0.25) is 0 Å². The summed E-state index contributed by atoms with van der Waals surface area (Å²) in [4.78, 5) is 2.60. The van der Waals surface area contributed by atoms with E-state index in [1.807, 2.05) is 6.07 Å². The molecule has 0 radical (unpaired) electrons. The van der Waals surface area contributed by atoms with E-state index in [2.05, 4.69) is 78.6 Å². The normalized spacial score (nSPS) is 19.5. The van der Waals surface area contributed by atoms with Crippen molar-refractivity contribution in [2.75, 3.05) is 32.2 Å². The predicted molar refractivity (Wildman–Crippen MR) is 154 cm³/mol. The number of anilines is 1. The smallest absolute Gasteiger partial charge is 0.178 e. The van der Waals surface area contributed by atoms with Gasteiger partial charge < -0.3 is 19.1 Å². The molecule has 3 heterocycles. The Morgan fingerprint density at radius 2 is 1.55 bits per heavy atom. The summed E-state index contributed by atoms with van der Waals surface area (Å²) in [7, 11) is 3.40. The number of hydrogen-bond acceptors (Lipinski definition) is 4. The van der Waals surface area contributed by atoms with Crippen molar-refractivity contribution in [2.24, 2.45) is 0 Å². The van der Waals surface area contributed by atoms with Gasteiger partial charge in [0.25, 0.3) is 0 Å². The highest BCUT2D eigenvalue weighted by Gasteiger charge is 2.40. The molecule has 0 saturated carbocycles. The number of ether oxygens (including phenoxy) is 3. The second kappa shape index (κ2) is 8.83. The Morgan fingerprint density at radius 3 is 2.24 bits per heavy atom. The van der Waals surface area contributed by atoms with Gasteiger partial charge in [0, 0.05) is 52.3 Å². The fraction of sp³-hybridized carbons (Fsp3) is 0.294. The van der Waals surface area contributed by atoms with Crippen LogP contribution >= 0.6 is 0 Å². The van der Waals surface area contributed by atoms with E-state index < -0.39 is 5.60 Å². The Morgan fingerprint density at radius 1 is 0.816 bits per heavy atom. The number of rotatable bonds is 4. The maximum Gasteiger partial charge on any atom is 0.178 e. The third-order valence-corrected chi connectivity index (χ3v) is 8.56. The molecule has 4 aromatic carbocycles. The lowest BCUT2D eigenvalue weighted by molar-refractivity contribution is 0.163. The summed E-state index contributed by atoms with van der Waals surface area (Å²) in [6.45, 7) is 4.48. The lowest BCUT2D eigenvalue weighted by Gasteiger charge is -2.41. The quantitative estimate of drug-likeness (QED) is 0.294. The Hall–Kier alpha value is -3.92. The summed E-state index contributed by atoms with van der Waals surface area (Å²) in [5, 5.41) is 2.02. The molecule has 38 heavy (non-hydrogen) atoms. The average molecular weight is 504 g/mol. The van der Waals surface area contributed by atoms with Crippen LogP contribution in [0.5, 0.6) is 17.2 Å². The highest BCUT2D eigenvalue weighted by Crippen LogP contribution is 2.49. The van der Waals surface area contributed by atoms with E-state index in [-0.39, 0.29) is 0 Å². The van der Waals surface area contributed by atoms with Crippen LogP contribution in [0.4, 0.5) is 5.69 Å². The molecular weight excluding hydrogens is 470 g/mol. The van der Waals surface area contributed by atoms with Crippen molar-refractivity contribution in [3.8, 4) is 17.2 Å². The fourth-order valence-corrected chi connectivity index (χ4v) is 6.74. The number of nitrogens with zero attached hydrogens (tertiary/aromatic N) is 1. The minimum atomic E-state index is -0.740. The second-order valence-corrected chi connectivity index (χ2v) is 10.7. The van der Waals surface area contributed by atoms with E-state index in [0.717, 1.165) is 57.6 Å². The molecule has 3 aliphatic rings. The SMILES string of the molecule is COc1cc(OC)c2cc(C)c3c(c2c1)OC(c1ccccc1)(c1cc2c4c(c1)CCCN4CCC2)C=C3. The predicted octanol–water partition coefficient (Wildman–Crippen LogP) is 7.21. The topological polar surface area (TPSA) is 30.9 Å². The molecule has 4 heteroatoms. The van der Waals surface area contributed by atoms with Crippen molar-refractivity contribution in [2.45, 2.75) is 38.2 Å². The van der Waals surface area contributed by atoms with Crippen molar-refractivity contribution < 1.29 is 14.2 Å². The number of hydrogen-bond donors (Lipinski definition) is 0. The molecule has 192 valence electrons. The maximum atomic E-state index is 7.31. The van der Waals surface area contributed by atoms with Crippen LogP contribution in [0.25, 0.3) is 16.8 Å². The van der Waals surface area contributed by atoms with Gasteiger partial charge in [0.1, 0.15) is 17.2 Å².